The van der Waals surface area contributed by atoms with Crippen molar-refractivity contribution in [3.8, 4) is 0 Å². The van der Waals surface area contributed by atoms with Crippen molar-refractivity contribution in [1.29, 1.82) is 0 Å². The third-order valence-electron chi connectivity index (χ3n) is 4.31. The van der Waals surface area contributed by atoms with E-state index in [1.54, 1.807) is 36.4 Å². The van der Waals surface area contributed by atoms with Crippen molar-refractivity contribution in [1.82, 2.24) is 4.90 Å². The highest BCUT2D eigenvalue weighted by molar-refractivity contribution is 6.23. The van der Waals surface area contributed by atoms with Crippen LogP contribution in [-0.4, -0.2) is 28.7 Å². The van der Waals surface area contributed by atoms with Crippen molar-refractivity contribution in [3.63, 3.8) is 0 Å². The number of benzene rings is 2. The van der Waals surface area contributed by atoms with E-state index < -0.39 is 17.9 Å². The maximum absolute atomic E-state index is 12.8. The summed E-state index contributed by atoms with van der Waals surface area (Å²) < 4.78 is 0. The molecule has 0 saturated heterocycles. The molecular weight excluding hydrogens is 316 g/mol. The summed E-state index contributed by atoms with van der Waals surface area (Å²) in [4.78, 5) is 39.3. The van der Waals surface area contributed by atoms with Gasteiger partial charge in [0.25, 0.3) is 11.8 Å². The van der Waals surface area contributed by atoms with E-state index in [4.69, 9.17) is 0 Å². The standard InChI is InChI=1S/C20H20N2O3/c1-2-3-13-17(18(23)21-14-9-5-4-6-10-14)22-19(24)15-11-7-8-12-16(15)20(22)25/h4-12,17H,2-3,13H2,1H3,(H,21,23)/t17-/m0/s1. The van der Waals surface area contributed by atoms with E-state index in [1.807, 2.05) is 25.1 Å². The molecule has 5 nitrogen and oxygen atoms in total. The number of amides is 3. The molecule has 3 amide bonds. The molecular formula is C20H20N2O3. The Balaban J connectivity index is 1.87. The number of hydrogen-bond donors (Lipinski definition) is 1. The summed E-state index contributed by atoms with van der Waals surface area (Å²) in [5.41, 5.74) is 1.37. The zero-order valence-corrected chi connectivity index (χ0v) is 14.1. The number of hydrogen-bond acceptors (Lipinski definition) is 3. The van der Waals surface area contributed by atoms with Gasteiger partial charge in [-0.25, -0.2) is 0 Å². The molecule has 0 aromatic heterocycles. The van der Waals surface area contributed by atoms with Crippen molar-refractivity contribution in [2.24, 2.45) is 0 Å². The lowest BCUT2D eigenvalue weighted by atomic mass is 10.1. The molecule has 2 aromatic carbocycles. The van der Waals surface area contributed by atoms with Gasteiger partial charge in [0.15, 0.2) is 0 Å². The van der Waals surface area contributed by atoms with Gasteiger partial charge in [-0.1, -0.05) is 50.1 Å². The van der Waals surface area contributed by atoms with Crippen molar-refractivity contribution in [2.45, 2.75) is 32.2 Å². The van der Waals surface area contributed by atoms with Gasteiger partial charge < -0.3 is 5.32 Å². The second-order valence-electron chi connectivity index (χ2n) is 6.04. The molecule has 1 N–H and O–H groups in total. The lowest BCUT2D eigenvalue weighted by Gasteiger charge is -2.25. The van der Waals surface area contributed by atoms with E-state index in [-0.39, 0.29) is 5.91 Å². The molecule has 5 heteroatoms. The second-order valence-corrected chi connectivity index (χ2v) is 6.04. The Labute approximate surface area is 146 Å². The number of unbranched alkanes of at least 4 members (excludes halogenated alkanes) is 1. The third kappa shape index (κ3) is 3.31. The van der Waals surface area contributed by atoms with Crippen LogP contribution in [0.15, 0.2) is 54.6 Å². The van der Waals surface area contributed by atoms with Crippen LogP contribution in [0.2, 0.25) is 0 Å². The average molecular weight is 336 g/mol. The van der Waals surface area contributed by atoms with Crippen LogP contribution in [-0.2, 0) is 4.79 Å². The maximum atomic E-state index is 12.8. The quantitative estimate of drug-likeness (QED) is 0.821. The molecule has 1 heterocycles. The molecule has 1 aliphatic rings. The molecule has 2 aromatic rings. The van der Waals surface area contributed by atoms with E-state index in [9.17, 15) is 14.4 Å². The van der Waals surface area contributed by atoms with Crippen LogP contribution in [0.4, 0.5) is 5.69 Å². The molecule has 0 spiro atoms. The lowest BCUT2D eigenvalue weighted by molar-refractivity contribution is -0.120. The van der Waals surface area contributed by atoms with Gasteiger partial charge in [0, 0.05) is 5.69 Å². The number of carbonyl (C=O) groups excluding carboxylic acids is 3. The number of para-hydroxylation sites is 1. The molecule has 25 heavy (non-hydrogen) atoms. The summed E-state index contributed by atoms with van der Waals surface area (Å²) in [6.07, 6.45) is 2.07. The van der Waals surface area contributed by atoms with Gasteiger partial charge in [0.1, 0.15) is 6.04 Å². The van der Waals surface area contributed by atoms with Crippen molar-refractivity contribution < 1.29 is 14.4 Å². The zero-order valence-electron chi connectivity index (χ0n) is 14.1. The number of imide groups is 1. The van der Waals surface area contributed by atoms with Crippen LogP contribution in [0.1, 0.15) is 46.9 Å². The maximum Gasteiger partial charge on any atom is 0.262 e. The number of rotatable bonds is 6. The minimum absolute atomic E-state index is 0.339. The number of nitrogens with zero attached hydrogens (tertiary/aromatic N) is 1. The highest BCUT2D eigenvalue weighted by atomic mass is 16.2. The van der Waals surface area contributed by atoms with Gasteiger partial charge in [0.2, 0.25) is 5.91 Å². The molecule has 0 aliphatic carbocycles. The van der Waals surface area contributed by atoms with E-state index in [2.05, 4.69) is 5.32 Å². The van der Waals surface area contributed by atoms with Gasteiger partial charge in [-0.05, 0) is 30.7 Å². The predicted molar refractivity (Wildman–Crippen MR) is 95.3 cm³/mol. The van der Waals surface area contributed by atoms with Gasteiger partial charge in [-0.2, -0.15) is 0 Å². The molecule has 0 unspecified atom stereocenters. The SMILES string of the molecule is CCCC[C@@H](C(=O)Nc1ccccc1)N1C(=O)c2ccccc2C1=O. The van der Waals surface area contributed by atoms with Crippen LogP contribution in [0.5, 0.6) is 0 Å². The first-order valence-corrected chi connectivity index (χ1v) is 8.46. The summed E-state index contributed by atoms with van der Waals surface area (Å²) >= 11 is 0. The van der Waals surface area contributed by atoms with E-state index in [0.29, 0.717) is 23.2 Å². The number of fused-ring (bicyclic) bond motifs is 1. The van der Waals surface area contributed by atoms with Crippen molar-refractivity contribution in [2.75, 3.05) is 5.32 Å². The smallest absolute Gasteiger partial charge is 0.262 e. The molecule has 0 bridgehead atoms. The molecule has 1 atom stereocenters. The lowest BCUT2D eigenvalue weighted by Crippen LogP contribution is -2.47. The van der Waals surface area contributed by atoms with Crippen LogP contribution in [0, 0.1) is 0 Å². The first kappa shape index (κ1) is 16.9. The zero-order chi connectivity index (χ0) is 17.8. The minimum Gasteiger partial charge on any atom is -0.324 e. The Bertz CT molecular complexity index is 767. The summed E-state index contributed by atoms with van der Waals surface area (Å²) in [6.45, 7) is 2.01. The number of carbonyl (C=O) groups is 3. The monoisotopic (exact) mass is 336 g/mol. The van der Waals surface area contributed by atoms with E-state index in [1.165, 1.54) is 0 Å². The Morgan fingerprint density at radius 2 is 1.52 bits per heavy atom. The van der Waals surface area contributed by atoms with Gasteiger partial charge in [0.05, 0.1) is 11.1 Å². The van der Waals surface area contributed by atoms with Gasteiger partial charge in [-0.3, -0.25) is 19.3 Å². The molecule has 0 fully saturated rings. The van der Waals surface area contributed by atoms with Crippen molar-refractivity contribution >= 4 is 23.4 Å². The summed E-state index contributed by atoms with van der Waals surface area (Å²) in [7, 11) is 0. The summed E-state index contributed by atoms with van der Waals surface area (Å²) in [5, 5.41) is 2.81. The number of nitrogens with one attached hydrogen (secondary N) is 1. The van der Waals surface area contributed by atoms with Gasteiger partial charge in [-0.15, -0.1) is 0 Å². The van der Waals surface area contributed by atoms with Crippen LogP contribution in [0.25, 0.3) is 0 Å². The Kier molecular flexibility index (Phi) is 4.93. The van der Waals surface area contributed by atoms with Gasteiger partial charge >= 0.3 is 0 Å². The average Bonchev–Trinajstić information content (AvgIpc) is 2.88. The third-order valence-corrected chi connectivity index (χ3v) is 4.31. The van der Waals surface area contributed by atoms with E-state index in [0.717, 1.165) is 17.7 Å². The van der Waals surface area contributed by atoms with Crippen LogP contribution >= 0.6 is 0 Å². The molecule has 1 aliphatic heterocycles. The Morgan fingerprint density at radius 3 is 2.08 bits per heavy atom. The highest BCUT2D eigenvalue weighted by Crippen LogP contribution is 2.27. The minimum atomic E-state index is -0.812. The topological polar surface area (TPSA) is 66.5 Å². The fraction of sp³-hybridized carbons (Fsp3) is 0.250. The summed E-state index contributed by atoms with van der Waals surface area (Å²) in [5.74, 6) is -1.14. The normalized spacial score (nSPS) is 14.4. The first-order valence-electron chi connectivity index (χ1n) is 8.46. The Hall–Kier alpha value is -2.95. The van der Waals surface area contributed by atoms with Crippen LogP contribution < -0.4 is 5.32 Å². The fourth-order valence-electron chi connectivity index (χ4n) is 3.01. The van der Waals surface area contributed by atoms with Crippen LogP contribution in [0.3, 0.4) is 0 Å². The molecule has 0 radical (unpaired) electrons. The first-order chi connectivity index (χ1) is 12.1. The number of anilines is 1. The molecule has 3 rings (SSSR count). The van der Waals surface area contributed by atoms with E-state index >= 15 is 0 Å². The summed E-state index contributed by atoms with van der Waals surface area (Å²) in [6, 6.07) is 14.9. The molecule has 128 valence electrons. The molecule has 0 saturated carbocycles. The van der Waals surface area contributed by atoms with Crippen molar-refractivity contribution in [3.05, 3.63) is 65.7 Å². The largest absolute Gasteiger partial charge is 0.324 e. The second kappa shape index (κ2) is 7.30. The highest BCUT2D eigenvalue weighted by Gasteiger charge is 2.42. The Morgan fingerprint density at radius 1 is 0.960 bits per heavy atom. The fourth-order valence-corrected chi connectivity index (χ4v) is 3.01. The predicted octanol–water partition coefficient (Wildman–Crippen LogP) is 3.48.